The van der Waals surface area contributed by atoms with Crippen LogP contribution in [0.3, 0.4) is 0 Å². The summed E-state index contributed by atoms with van der Waals surface area (Å²) >= 11 is 1.43. The predicted octanol–water partition coefficient (Wildman–Crippen LogP) is 2.09. The molecule has 5 heteroatoms. The summed E-state index contributed by atoms with van der Waals surface area (Å²) in [6, 6.07) is 0. The van der Waals surface area contributed by atoms with E-state index in [0.29, 0.717) is 5.13 Å². The largest absolute Gasteiger partial charge is 0.301 e. The minimum absolute atomic E-state index is 0.108. The van der Waals surface area contributed by atoms with Crippen LogP contribution in [-0.2, 0) is 11.2 Å². The van der Waals surface area contributed by atoms with Crippen molar-refractivity contribution in [1.82, 2.24) is 10.2 Å². The minimum Gasteiger partial charge on any atom is -0.301 e. The first-order chi connectivity index (χ1) is 6.37. The highest BCUT2D eigenvalue weighted by atomic mass is 32.1. The van der Waals surface area contributed by atoms with Gasteiger partial charge in [0.25, 0.3) is 0 Å². The van der Waals surface area contributed by atoms with Crippen molar-refractivity contribution < 1.29 is 4.79 Å². The number of hydrogen-bond donors (Lipinski definition) is 1. The van der Waals surface area contributed by atoms with Crippen molar-refractivity contribution in [2.24, 2.45) is 5.41 Å². The second kappa shape index (κ2) is 4.04. The van der Waals surface area contributed by atoms with Gasteiger partial charge in [-0.05, 0) is 5.41 Å². The van der Waals surface area contributed by atoms with E-state index in [0.717, 1.165) is 11.4 Å². The standard InChI is InChI=1S/C9H15N3OS/c1-6(13)10-8-12-11-7(14-8)5-9(2,3)4/h5H2,1-4H3,(H,10,12,13). The van der Waals surface area contributed by atoms with E-state index in [1.165, 1.54) is 18.3 Å². The maximum Gasteiger partial charge on any atom is 0.223 e. The Hall–Kier alpha value is -0.970. The highest BCUT2D eigenvalue weighted by Gasteiger charge is 2.15. The number of hydrogen-bond acceptors (Lipinski definition) is 4. The molecule has 0 saturated carbocycles. The number of amides is 1. The number of carbonyl (C=O) groups excluding carboxylic acids is 1. The van der Waals surface area contributed by atoms with Gasteiger partial charge < -0.3 is 5.32 Å². The normalized spacial score (nSPS) is 11.4. The van der Waals surface area contributed by atoms with E-state index in [1.54, 1.807) is 0 Å². The van der Waals surface area contributed by atoms with Gasteiger partial charge in [-0.15, -0.1) is 10.2 Å². The molecule has 1 heterocycles. The van der Waals surface area contributed by atoms with Crippen molar-refractivity contribution in [3.05, 3.63) is 5.01 Å². The van der Waals surface area contributed by atoms with Gasteiger partial charge in [0, 0.05) is 13.3 Å². The number of nitrogens with zero attached hydrogens (tertiary/aromatic N) is 2. The topological polar surface area (TPSA) is 54.9 Å². The van der Waals surface area contributed by atoms with Crippen molar-refractivity contribution in [2.45, 2.75) is 34.1 Å². The summed E-state index contributed by atoms with van der Waals surface area (Å²) in [5.74, 6) is -0.108. The Morgan fingerprint density at radius 3 is 2.57 bits per heavy atom. The van der Waals surface area contributed by atoms with E-state index in [4.69, 9.17) is 0 Å². The van der Waals surface area contributed by atoms with E-state index in [-0.39, 0.29) is 11.3 Å². The van der Waals surface area contributed by atoms with E-state index in [1.807, 2.05) is 0 Å². The molecule has 0 bridgehead atoms. The van der Waals surface area contributed by atoms with Gasteiger partial charge in [0.15, 0.2) is 0 Å². The molecule has 1 N–H and O–H groups in total. The molecule has 0 aromatic carbocycles. The summed E-state index contributed by atoms with van der Waals surface area (Å²) in [6.45, 7) is 7.90. The summed E-state index contributed by atoms with van der Waals surface area (Å²) < 4.78 is 0. The molecule has 0 aliphatic heterocycles. The zero-order valence-corrected chi connectivity index (χ0v) is 9.73. The molecule has 0 saturated heterocycles. The highest BCUT2D eigenvalue weighted by Crippen LogP contribution is 2.24. The van der Waals surface area contributed by atoms with Crippen molar-refractivity contribution in [1.29, 1.82) is 0 Å². The molecule has 1 rings (SSSR count). The van der Waals surface area contributed by atoms with Gasteiger partial charge >= 0.3 is 0 Å². The van der Waals surface area contributed by atoms with Gasteiger partial charge in [0.2, 0.25) is 11.0 Å². The molecule has 0 fully saturated rings. The second-order valence-electron chi connectivity index (χ2n) is 4.42. The average Bonchev–Trinajstić information content (AvgIpc) is 2.30. The van der Waals surface area contributed by atoms with Crippen LogP contribution in [0.2, 0.25) is 0 Å². The fourth-order valence-corrected chi connectivity index (χ4v) is 2.07. The summed E-state index contributed by atoms with van der Waals surface area (Å²) in [7, 11) is 0. The number of aromatic nitrogens is 2. The van der Waals surface area contributed by atoms with Crippen LogP contribution in [0.1, 0.15) is 32.7 Å². The van der Waals surface area contributed by atoms with Crippen LogP contribution >= 0.6 is 11.3 Å². The molecule has 0 aliphatic carbocycles. The van der Waals surface area contributed by atoms with Crippen LogP contribution in [0.15, 0.2) is 0 Å². The lowest BCUT2D eigenvalue weighted by Gasteiger charge is -2.14. The molecule has 14 heavy (non-hydrogen) atoms. The highest BCUT2D eigenvalue weighted by molar-refractivity contribution is 7.15. The molecule has 0 radical (unpaired) electrons. The molecule has 4 nitrogen and oxygen atoms in total. The molecule has 0 atom stereocenters. The Morgan fingerprint density at radius 1 is 1.43 bits per heavy atom. The zero-order valence-electron chi connectivity index (χ0n) is 8.92. The molecule has 78 valence electrons. The molecular weight excluding hydrogens is 198 g/mol. The summed E-state index contributed by atoms with van der Waals surface area (Å²) in [6.07, 6.45) is 0.879. The lowest BCUT2D eigenvalue weighted by Crippen LogP contribution is -2.08. The Morgan fingerprint density at radius 2 is 2.07 bits per heavy atom. The van der Waals surface area contributed by atoms with Crippen molar-refractivity contribution in [3.8, 4) is 0 Å². The Kier molecular flexibility index (Phi) is 3.21. The number of carbonyl (C=O) groups is 1. The van der Waals surface area contributed by atoms with Crippen LogP contribution in [0.4, 0.5) is 5.13 Å². The first-order valence-corrected chi connectivity index (χ1v) is 5.28. The maximum absolute atomic E-state index is 10.7. The van der Waals surface area contributed by atoms with E-state index < -0.39 is 0 Å². The van der Waals surface area contributed by atoms with Gasteiger partial charge in [-0.25, -0.2) is 0 Å². The van der Waals surface area contributed by atoms with Gasteiger partial charge in [0.1, 0.15) is 5.01 Å². The Labute approximate surface area is 87.7 Å². The Balaban J connectivity index is 2.64. The first-order valence-electron chi connectivity index (χ1n) is 4.47. The SMILES string of the molecule is CC(=O)Nc1nnc(CC(C)(C)C)s1. The second-order valence-corrected chi connectivity index (χ2v) is 5.48. The summed E-state index contributed by atoms with van der Waals surface area (Å²) in [5, 5.41) is 12.0. The van der Waals surface area contributed by atoms with Crippen LogP contribution in [0, 0.1) is 5.41 Å². The van der Waals surface area contributed by atoms with Crippen LogP contribution in [0.25, 0.3) is 0 Å². The third-order valence-electron chi connectivity index (χ3n) is 1.43. The molecule has 1 amide bonds. The van der Waals surface area contributed by atoms with E-state index >= 15 is 0 Å². The van der Waals surface area contributed by atoms with Crippen LogP contribution < -0.4 is 5.32 Å². The molecule has 0 spiro atoms. The van der Waals surface area contributed by atoms with Crippen molar-refractivity contribution in [2.75, 3.05) is 5.32 Å². The summed E-state index contributed by atoms with van der Waals surface area (Å²) in [4.78, 5) is 10.7. The van der Waals surface area contributed by atoms with Gasteiger partial charge in [-0.3, -0.25) is 4.79 Å². The van der Waals surface area contributed by atoms with Crippen LogP contribution in [0.5, 0.6) is 0 Å². The predicted molar refractivity (Wildman–Crippen MR) is 57.4 cm³/mol. The average molecular weight is 213 g/mol. The fourth-order valence-electron chi connectivity index (χ4n) is 0.980. The quantitative estimate of drug-likeness (QED) is 0.818. The van der Waals surface area contributed by atoms with Crippen LogP contribution in [-0.4, -0.2) is 16.1 Å². The molecule has 1 aromatic rings. The monoisotopic (exact) mass is 213 g/mol. The molecule has 0 unspecified atom stereocenters. The van der Waals surface area contributed by atoms with Crippen molar-refractivity contribution >= 4 is 22.4 Å². The smallest absolute Gasteiger partial charge is 0.223 e. The number of anilines is 1. The maximum atomic E-state index is 10.7. The first kappa shape index (κ1) is 11.1. The molecule has 0 aliphatic rings. The van der Waals surface area contributed by atoms with Gasteiger partial charge in [0.05, 0.1) is 0 Å². The minimum atomic E-state index is -0.108. The number of nitrogens with one attached hydrogen (secondary N) is 1. The number of rotatable bonds is 2. The third kappa shape index (κ3) is 3.83. The fraction of sp³-hybridized carbons (Fsp3) is 0.667. The van der Waals surface area contributed by atoms with E-state index in [9.17, 15) is 4.79 Å². The zero-order chi connectivity index (χ0) is 10.8. The van der Waals surface area contributed by atoms with Gasteiger partial charge in [-0.2, -0.15) is 0 Å². The molecular formula is C9H15N3OS. The lowest BCUT2D eigenvalue weighted by atomic mass is 9.93. The van der Waals surface area contributed by atoms with E-state index in [2.05, 4.69) is 36.3 Å². The molecule has 1 aromatic heterocycles. The Bertz CT molecular complexity index is 327. The van der Waals surface area contributed by atoms with Gasteiger partial charge in [-0.1, -0.05) is 32.1 Å². The lowest BCUT2D eigenvalue weighted by molar-refractivity contribution is -0.114. The third-order valence-corrected chi connectivity index (χ3v) is 2.27. The van der Waals surface area contributed by atoms with Crippen molar-refractivity contribution in [3.63, 3.8) is 0 Å². The summed E-state index contributed by atoms with van der Waals surface area (Å²) in [5.41, 5.74) is 0.201.